The zero-order valence-electron chi connectivity index (χ0n) is 14.4. The highest BCUT2D eigenvalue weighted by Crippen LogP contribution is 2.21. The molecule has 9 nitrogen and oxygen atoms in total. The van der Waals surface area contributed by atoms with Crippen molar-refractivity contribution in [2.75, 3.05) is 25.0 Å². The van der Waals surface area contributed by atoms with Crippen LogP contribution < -0.4 is 5.32 Å². The molecule has 27 heavy (non-hydrogen) atoms. The van der Waals surface area contributed by atoms with Crippen molar-refractivity contribution >= 4 is 27.8 Å². The van der Waals surface area contributed by atoms with E-state index < -0.39 is 28.5 Å². The number of nitrogens with zero attached hydrogens (tertiary/aromatic N) is 3. The molecule has 1 aromatic carbocycles. The predicted octanol–water partition coefficient (Wildman–Crippen LogP) is 1.06. The molecule has 2 heterocycles. The molecule has 0 bridgehead atoms. The number of carbonyl (C=O) groups is 2. The van der Waals surface area contributed by atoms with Crippen molar-refractivity contribution < 1.29 is 22.7 Å². The maximum atomic E-state index is 12.4. The molecule has 0 unspecified atom stereocenters. The second-order valence-electron chi connectivity index (χ2n) is 5.83. The van der Waals surface area contributed by atoms with Gasteiger partial charge in [-0.15, -0.1) is 0 Å². The topological polar surface area (TPSA) is 119 Å². The maximum Gasteiger partial charge on any atom is 0.338 e. The number of hydrogen-bond donors (Lipinski definition) is 1. The maximum absolute atomic E-state index is 12.4. The van der Waals surface area contributed by atoms with Crippen LogP contribution in [0.4, 0.5) is 5.95 Å². The van der Waals surface area contributed by atoms with Crippen molar-refractivity contribution in [2.24, 2.45) is 0 Å². The summed E-state index contributed by atoms with van der Waals surface area (Å²) in [5.74, 6) is -1.21. The summed E-state index contributed by atoms with van der Waals surface area (Å²) in [5.41, 5.74) is 0.152. The lowest BCUT2D eigenvalue weighted by Crippen LogP contribution is -2.27. The molecular formula is C17H18N4O5S. The highest BCUT2D eigenvalue weighted by molar-refractivity contribution is 7.89. The van der Waals surface area contributed by atoms with Crippen LogP contribution in [-0.4, -0.2) is 54.3 Å². The monoisotopic (exact) mass is 390 g/mol. The Morgan fingerprint density at radius 3 is 2.33 bits per heavy atom. The number of aromatic nitrogens is 2. The van der Waals surface area contributed by atoms with E-state index in [2.05, 4.69) is 15.3 Å². The Hall–Kier alpha value is -2.85. The number of benzene rings is 1. The molecule has 1 N–H and O–H groups in total. The minimum absolute atomic E-state index is 0.107. The van der Waals surface area contributed by atoms with E-state index in [0.717, 1.165) is 12.8 Å². The summed E-state index contributed by atoms with van der Waals surface area (Å²) in [6.07, 6.45) is 4.62. The fourth-order valence-electron chi connectivity index (χ4n) is 2.58. The fourth-order valence-corrected chi connectivity index (χ4v) is 4.10. The van der Waals surface area contributed by atoms with E-state index in [1.165, 1.54) is 41.0 Å². The summed E-state index contributed by atoms with van der Waals surface area (Å²) in [6.45, 7) is 0.504. The Morgan fingerprint density at radius 1 is 1.07 bits per heavy atom. The quantitative estimate of drug-likeness (QED) is 0.733. The van der Waals surface area contributed by atoms with Crippen LogP contribution in [0, 0.1) is 0 Å². The van der Waals surface area contributed by atoms with Crippen molar-refractivity contribution in [1.82, 2.24) is 14.3 Å². The minimum Gasteiger partial charge on any atom is -0.452 e. The van der Waals surface area contributed by atoms with Crippen LogP contribution in [0.15, 0.2) is 47.6 Å². The third kappa shape index (κ3) is 4.66. The molecule has 0 aliphatic carbocycles. The van der Waals surface area contributed by atoms with Crippen molar-refractivity contribution in [3.05, 3.63) is 48.3 Å². The Morgan fingerprint density at radius 2 is 1.70 bits per heavy atom. The van der Waals surface area contributed by atoms with Crippen LogP contribution in [0.25, 0.3) is 0 Å². The van der Waals surface area contributed by atoms with Gasteiger partial charge in [-0.2, -0.15) is 4.31 Å². The number of hydrogen-bond acceptors (Lipinski definition) is 7. The number of anilines is 1. The van der Waals surface area contributed by atoms with Crippen molar-refractivity contribution in [3.8, 4) is 0 Å². The summed E-state index contributed by atoms with van der Waals surface area (Å²) >= 11 is 0. The average Bonchev–Trinajstić information content (AvgIpc) is 3.23. The first-order chi connectivity index (χ1) is 13.0. The zero-order valence-corrected chi connectivity index (χ0v) is 15.2. The molecule has 0 saturated carbocycles. The van der Waals surface area contributed by atoms with Crippen molar-refractivity contribution in [3.63, 3.8) is 0 Å². The van der Waals surface area contributed by atoms with Gasteiger partial charge in [-0.05, 0) is 43.2 Å². The Kier molecular flexibility index (Phi) is 5.77. The van der Waals surface area contributed by atoms with Crippen LogP contribution in [0.1, 0.15) is 23.2 Å². The van der Waals surface area contributed by atoms with Gasteiger partial charge in [0.05, 0.1) is 10.5 Å². The molecular weight excluding hydrogens is 372 g/mol. The molecule has 1 fully saturated rings. The summed E-state index contributed by atoms with van der Waals surface area (Å²) in [6, 6.07) is 7.06. The minimum atomic E-state index is -3.54. The molecule has 1 aromatic heterocycles. The fraction of sp³-hybridized carbons (Fsp3) is 0.294. The number of amides is 1. The molecule has 1 saturated heterocycles. The number of nitrogens with one attached hydrogen (secondary N) is 1. The summed E-state index contributed by atoms with van der Waals surface area (Å²) in [4.78, 5) is 31.5. The highest BCUT2D eigenvalue weighted by atomic mass is 32.2. The molecule has 0 radical (unpaired) electrons. The van der Waals surface area contributed by atoms with Gasteiger partial charge in [0.15, 0.2) is 6.61 Å². The van der Waals surface area contributed by atoms with Gasteiger partial charge >= 0.3 is 5.97 Å². The zero-order chi connectivity index (χ0) is 19.3. The SMILES string of the molecule is O=C(COC(=O)c1ccc(S(=O)(=O)N2CCCC2)cc1)Nc1ncccn1. The summed E-state index contributed by atoms with van der Waals surface area (Å²) in [7, 11) is -3.54. The number of sulfonamides is 1. The first kappa shape index (κ1) is 18.9. The molecule has 3 rings (SSSR count). The lowest BCUT2D eigenvalue weighted by atomic mass is 10.2. The molecule has 1 aliphatic rings. The second-order valence-corrected chi connectivity index (χ2v) is 7.77. The van der Waals surface area contributed by atoms with Gasteiger partial charge in [-0.25, -0.2) is 23.2 Å². The lowest BCUT2D eigenvalue weighted by molar-refractivity contribution is -0.119. The third-order valence-corrected chi connectivity index (χ3v) is 5.86. The van der Waals surface area contributed by atoms with E-state index in [1.807, 2.05) is 0 Å². The van der Waals surface area contributed by atoms with E-state index in [9.17, 15) is 18.0 Å². The number of esters is 1. The Bertz CT molecular complexity index is 910. The van der Waals surface area contributed by atoms with Crippen LogP contribution in [0.3, 0.4) is 0 Å². The van der Waals surface area contributed by atoms with Crippen LogP contribution in [0.5, 0.6) is 0 Å². The molecule has 0 atom stereocenters. The van der Waals surface area contributed by atoms with Crippen LogP contribution in [-0.2, 0) is 19.6 Å². The molecule has 10 heteroatoms. The third-order valence-electron chi connectivity index (χ3n) is 3.94. The van der Waals surface area contributed by atoms with Gasteiger partial charge in [0.1, 0.15) is 0 Å². The smallest absolute Gasteiger partial charge is 0.338 e. The first-order valence-electron chi connectivity index (χ1n) is 8.31. The van der Waals surface area contributed by atoms with Crippen LogP contribution in [0.2, 0.25) is 0 Å². The van der Waals surface area contributed by atoms with Gasteiger partial charge < -0.3 is 4.74 Å². The first-order valence-corrected chi connectivity index (χ1v) is 9.75. The molecule has 0 spiro atoms. The lowest BCUT2D eigenvalue weighted by Gasteiger charge is -2.15. The average molecular weight is 390 g/mol. The van der Waals surface area contributed by atoms with E-state index >= 15 is 0 Å². The van der Waals surface area contributed by atoms with E-state index in [0.29, 0.717) is 13.1 Å². The standard InChI is InChI=1S/C17H18N4O5S/c22-15(20-17-18-8-3-9-19-17)12-26-16(23)13-4-6-14(7-5-13)27(24,25)21-10-1-2-11-21/h3-9H,1-2,10-12H2,(H,18,19,20,22). The second kappa shape index (κ2) is 8.23. The Labute approximate surface area is 156 Å². The van der Waals surface area contributed by atoms with Crippen molar-refractivity contribution in [2.45, 2.75) is 17.7 Å². The number of ether oxygens (including phenoxy) is 1. The van der Waals surface area contributed by atoms with Gasteiger partial charge in [0, 0.05) is 25.5 Å². The summed E-state index contributed by atoms with van der Waals surface area (Å²) < 4.78 is 31.2. The van der Waals surface area contributed by atoms with Crippen molar-refractivity contribution in [1.29, 1.82) is 0 Å². The Balaban J connectivity index is 1.56. The van der Waals surface area contributed by atoms with E-state index in [-0.39, 0.29) is 16.4 Å². The van der Waals surface area contributed by atoms with Crippen LogP contribution >= 0.6 is 0 Å². The number of carbonyl (C=O) groups excluding carboxylic acids is 2. The van der Waals surface area contributed by atoms with Gasteiger partial charge in [-0.1, -0.05) is 0 Å². The molecule has 1 amide bonds. The molecule has 2 aromatic rings. The highest BCUT2D eigenvalue weighted by Gasteiger charge is 2.27. The largest absolute Gasteiger partial charge is 0.452 e. The molecule has 142 valence electrons. The molecule has 1 aliphatic heterocycles. The normalized spacial score (nSPS) is 14.7. The van der Waals surface area contributed by atoms with Gasteiger partial charge in [0.2, 0.25) is 16.0 Å². The van der Waals surface area contributed by atoms with Gasteiger partial charge in [-0.3, -0.25) is 10.1 Å². The van der Waals surface area contributed by atoms with Gasteiger partial charge in [0.25, 0.3) is 5.91 Å². The van der Waals surface area contributed by atoms with E-state index in [1.54, 1.807) is 6.07 Å². The summed E-state index contributed by atoms with van der Waals surface area (Å²) in [5, 5.41) is 2.39. The van der Waals surface area contributed by atoms with E-state index in [4.69, 9.17) is 4.74 Å². The number of rotatable bonds is 6. The predicted molar refractivity (Wildman–Crippen MR) is 95.4 cm³/mol.